The van der Waals surface area contributed by atoms with Crippen molar-refractivity contribution in [2.24, 2.45) is 0 Å². The summed E-state index contributed by atoms with van der Waals surface area (Å²) < 4.78 is 1.92. The van der Waals surface area contributed by atoms with Crippen molar-refractivity contribution < 1.29 is 0 Å². The molecule has 2 aromatic heterocycles. The van der Waals surface area contributed by atoms with Crippen LogP contribution in [0.3, 0.4) is 0 Å². The zero-order valence-corrected chi connectivity index (χ0v) is 12.6. The van der Waals surface area contributed by atoms with Gasteiger partial charge in [0.05, 0.1) is 9.99 Å². The van der Waals surface area contributed by atoms with Crippen molar-refractivity contribution in [3.05, 3.63) is 36.9 Å². The Morgan fingerprint density at radius 2 is 2.10 bits per heavy atom. The van der Waals surface area contributed by atoms with Gasteiger partial charge in [-0.25, -0.2) is 4.98 Å². The number of nitriles is 1. The molecule has 0 spiro atoms. The van der Waals surface area contributed by atoms with E-state index in [1.165, 1.54) is 4.57 Å². The standard InChI is InChI=1S/C13H12BrN5O2/c14-8-5-9-11(17-10(8)6-15)19(13(21)12(20)18-9)7-1-3-16-4-2-7/h5,7,16H,1-4H2,(H,18,20). The zero-order valence-electron chi connectivity index (χ0n) is 11.0. The second-order valence-electron chi connectivity index (χ2n) is 4.91. The SMILES string of the molecule is N#Cc1nc2c(cc1Br)[nH]c(=O)c(=O)n2C1CCNCC1. The van der Waals surface area contributed by atoms with Crippen molar-refractivity contribution in [1.82, 2.24) is 19.9 Å². The smallest absolute Gasteiger partial charge is 0.317 e. The number of rotatable bonds is 1. The summed E-state index contributed by atoms with van der Waals surface area (Å²) in [5, 5.41) is 12.3. The van der Waals surface area contributed by atoms with Crippen LogP contribution in [-0.2, 0) is 0 Å². The van der Waals surface area contributed by atoms with Gasteiger partial charge in [0.25, 0.3) is 0 Å². The van der Waals surface area contributed by atoms with E-state index in [1.54, 1.807) is 6.07 Å². The van der Waals surface area contributed by atoms with E-state index in [-0.39, 0.29) is 11.7 Å². The average molecular weight is 350 g/mol. The highest BCUT2D eigenvalue weighted by Gasteiger charge is 2.21. The number of piperidine rings is 1. The number of hydrogen-bond donors (Lipinski definition) is 2. The Labute approximate surface area is 127 Å². The lowest BCUT2D eigenvalue weighted by molar-refractivity contribution is 0.366. The first-order chi connectivity index (χ1) is 10.1. The van der Waals surface area contributed by atoms with Crippen molar-refractivity contribution in [2.45, 2.75) is 18.9 Å². The van der Waals surface area contributed by atoms with Crippen LogP contribution in [0.2, 0.25) is 0 Å². The molecule has 1 saturated heterocycles. The number of hydrogen-bond acceptors (Lipinski definition) is 5. The summed E-state index contributed by atoms with van der Waals surface area (Å²) in [5.41, 5.74) is -0.292. The molecular weight excluding hydrogens is 338 g/mol. The summed E-state index contributed by atoms with van der Waals surface area (Å²) in [5.74, 6) is 0. The Kier molecular flexibility index (Phi) is 3.61. The minimum absolute atomic E-state index is 0.0798. The van der Waals surface area contributed by atoms with Gasteiger partial charge in [-0.2, -0.15) is 5.26 Å². The highest BCUT2D eigenvalue weighted by molar-refractivity contribution is 9.10. The summed E-state index contributed by atoms with van der Waals surface area (Å²) in [6.45, 7) is 1.57. The van der Waals surface area contributed by atoms with Crippen LogP contribution in [0.25, 0.3) is 11.2 Å². The van der Waals surface area contributed by atoms with Crippen LogP contribution in [0, 0.1) is 11.3 Å². The van der Waals surface area contributed by atoms with Crippen LogP contribution >= 0.6 is 15.9 Å². The van der Waals surface area contributed by atoms with Crippen LogP contribution < -0.4 is 16.4 Å². The van der Waals surface area contributed by atoms with Gasteiger partial charge in [0, 0.05) is 6.04 Å². The number of nitrogens with one attached hydrogen (secondary N) is 2. The first-order valence-corrected chi connectivity index (χ1v) is 7.37. The van der Waals surface area contributed by atoms with Gasteiger partial charge in [0.1, 0.15) is 6.07 Å². The molecule has 0 unspecified atom stereocenters. The van der Waals surface area contributed by atoms with Crippen LogP contribution in [0.15, 0.2) is 20.1 Å². The lowest BCUT2D eigenvalue weighted by Gasteiger charge is -2.25. The number of H-pyrrole nitrogens is 1. The van der Waals surface area contributed by atoms with E-state index in [0.717, 1.165) is 25.9 Å². The largest absolute Gasteiger partial charge is 0.318 e. The lowest BCUT2D eigenvalue weighted by atomic mass is 10.1. The van der Waals surface area contributed by atoms with E-state index in [1.807, 2.05) is 6.07 Å². The molecule has 0 aromatic carbocycles. The molecular formula is C13H12BrN5O2. The van der Waals surface area contributed by atoms with Crippen molar-refractivity contribution in [1.29, 1.82) is 5.26 Å². The minimum Gasteiger partial charge on any atom is -0.317 e. The van der Waals surface area contributed by atoms with Crippen LogP contribution in [0.4, 0.5) is 0 Å². The van der Waals surface area contributed by atoms with Gasteiger partial charge >= 0.3 is 11.1 Å². The first kappa shape index (κ1) is 14.0. The second-order valence-corrected chi connectivity index (χ2v) is 5.77. The molecule has 3 rings (SSSR count). The molecule has 1 aliphatic heterocycles. The summed E-state index contributed by atoms with van der Waals surface area (Å²) in [6.07, 6.45) is 1.50. The van der Waals surface area contributed by atoms with E-state index >= 15 is 0 Å². The van der Waals surface area contributed by atoms with Gasteiger partial charge in [0.2, 0.25) is 0 Å². The van der Waals surface area contributed by atoms with Crippen LogP contribution in [-0.4, -0.2) is 27.6 Å². The van der Waals surface area contributed by atoms with E-state index in [9.17, 15) is 9.59 Å². The molecule has 2 aromatic rings. The Bertz CT molecular complexity index is 858. The number of aromatic amines is 1. The van der Waals surface area contributed by atoms with E-state index in [2.05, 4.69) is 31.2 Å². The first-order valence-electron chi connectivity index (χ1n) is 6.57. The molecule has 8 heteroatoms. The third-order valence-corrected chi connectivity index (χ3v) is 4.23. The summed E-state index contributed by atoms with van der Waals surface area (Å²) >= 11 is 3.24. The predicted octanol–water partition coefficient (Wildman–Crippen LogP) is 0.643. The summed E-state index contributed by atoms with van der Waals surface area (Å²) in [7, 11) is 0. The van der Waals surface area contributed by atoms with Gasteiger partial charge in [-0.15, -0.1) is 0 Å². The number of fused-ring (bicyclic) bond motifs is 1. The van der Waals surface area contributed by atoms with Gasteiger partial charge in [-0.1, -0.05) is 0 Å². The predicted molar refractivity (Wildman–Crippen MR) is 80.2 cm³/mol. The summed E-state index contributed by atoms with van der Waals surface area (Å²) in [4.78, 5) is 30.8. The molecule has 0 atom stereocenters. The fourth-order valence-electron chi connectivity index (χ4n) is 2.62. The second kappa shape index (κ2) is 5.42. The van der Waals surface area contributed by atoms with Crippen LogP contribution in [0.1, 0.15) is 24.6 Å². The van der Waals surface area contributed by atoms with E-state index in [0.29, 0.717) is 15.6 Å². The van der Waals surface area contributed by atoms with Crippen molar-refractivity contribution >= 4 is 27.1 Å². The topological polar surface area (TPSA) is 104 Å². The van der Waals surface area contributed by atoms with Crippen molar-refractivity contribution in [2.75, 3.05) is 13.1 Å². The van der Waals surface area contributed by atoms with Gasteiger partial charge < -0.3 is 10.3 Å². The van der Waals surface area contributed by atoms with Gasteiger partial charge in [0.15, 0.2) is 11.3 Å². The normalized spacial score (nSPS) is 16.0. The van der Waals surface area contributed by atoms with Gasteiger partial charge in [-0.05, 0) is 47.9 Å². The van der Waals surface area contributed by atoms with Crippen LogP contribution in [0.5, 0.6) is 0 Å². The monoisotopic (exact) mass is 349 g/mol. The minimum atomic E-state index is -0.667. The molecule has 7 nitrogen and oxygen atoms in total. The highest BCUT2D eigenvalue weighted by Crippen LogP contribution is 2.23. The number of halogens is 1. The molecule has 1 fully saturated rings. The molecule has 1 aliphatic rings. The Morgan fingerprint density at radius 3 is 2.76 bits per heavy atom. The number of aromatic nitrogens is 3. The molecule has 2 N–H and O–H groups in total. The molecule has 0 radical (unpaired) electrons. The average Bonchev–Trinajstić information content (AvgIpc) is 2.49. The molecule has 0 saturated carbocycles. The Hall–Kier alpha value is -1.98. The fourth-order valence-corrected chi connectivity index (χ4v) is 3.02. The quantitative estimate of drug-likeness (QED) is 0.735. The van der Waals surface area contributed by atoms with Crippen molar-refractivity contribution in [3.63, 3.8) is 0 Å². The van der Waals surface area contributed by atoms with E-state index < -0.39 is 11.1 Å². The molecule has 108 valence electrons. The molecule has 3 heterocycles. The van der Waals surface area contributed by atoms with E-state index in [4.69, 9.17) is 5.26 Å². The number of pyridine rings is 1. The maximum absolute atomic E-state index is 12.2. The highest BCUT2D eigenvalue weighted by atomic mass is 79.9. The molecule has 0 amide bonds. The van der Waals surface area contributed by atoms with Gasteiger partial charge in [-0.3, -0.25) is 14.2 Å². The maximum atomic E-state index is 12.2. The number of nitrogens with zero attached hydrogens (tertiary/aromatic N) is 3. The Balaban J connectivity index is 2.34. The molecule has 0 bridgehead atoms. The summed E-state index contributed by atoms with van der Waals surface area (Å²) in [6, 6.07) is 3.50. The Morgan fingerprint density at radius 1 is 1.38 bits per heavy atom. The van der Waals surface area contributed by atoms with Crippen molar-refractivity contribution in [3.8, 4) is 6.07 Å². The third kappa shape index (κ3) is 2.39. The lowest BCUT2D eigenvalue weighted by Crippen LogP contribution is -2.41. The zero-order chi connectivity index (χ0) is 15.0. The molecule has 0 aliphatic carbocycles. The fraction of sp³-hybridized carbons (Fsp3) is 0.385. The maximum Gasteiger partial charge on any atom is 0.318 e. The third-order valence-electron chi connectivity index (χ3n) is 3.63. The molecule has 21 heavy (non-hydrogen) atoms.